The average Bonchev–Trinajstić information content (AvgIpc) is 2.26. The Morgan fingerprint density at radius 2 is 2.07 bits per heavy atom. The molecule has 0 radical (unpaired) electrons. The summed E-state index contributed by atoms with van der Waals surface area (Å²) in [6.45, 7) is 5.05. The number of carbonyl (C=O) groups is 1. The van der Waals surface area contributed by atoms with Gasteiger partial charge in [0.25, 0.3) is 0 Å². The molecule has 0 bridgehead atoms. The molecule has 0 spiro atoms. The van der Waals surface area contributed by atoms with Gasteiger partial charge in [-0.05, 0) is 12.5 Å². The van der Waals surface area contributed by atoms with Crippen LogP contribution in [0, 0.1) is 0 Å². The molecule has 0 fully saturated rings. The number of carbonyl (C=O) groups excluding carboxylic acids is 1. The highest BCUT2D eigenvalue weighted by Crippen LogP contribution is 2.11. The molecule has 0 aliphatic rings. The van der Waals surface area contributed by atoms with Gasteiger partial charge in [0.1, 0.15) is 0 Å². The zero-order valence-corrected chi connectivity index (χ0v) is 8.73. The molecule has 2 N–H and O–H groups in total. The van der Waals surface area contributed by atoms with Gasteiger partial charge in [-0.2, -0.15) is 0 Å². The highest BCUT2D eigenvalue weighted by Gasteiger charge is 2.12. The van der Waals surface area contributed by atoms with Crippen molar-refractivity contribution in [1.82, 2.24) is 5.32 Å². The third-order valence-electron chi connectivity index (χ3n) is 2.08. The van der Waals surface area contributed by atoms with E-state index in [4.69, 9.17) is 5.11 Å². The summed E-state index contributed by atoms with van der Waals surface area (Å²) in [6, 6.07) is 8.98. The van der Waals surface area contributed by atoms with Crippen molar-refractivity contribution in [2.45, 2.75) is 13.0 Å². The van der Waals surface area contributed by atoms with Gasteiger partial charge in [-0.15, -0.1) is 0 Å². The van der Waals surface area contributed by atoms with Crippen molar-refractivity contribution in [2.24, 2.45) is 0 Å². The zero-order valence-electron chi connectivity index (χ0n) is 8.73. The van der Waals surface area contributed by atoms with E-state index in [1.54, 1.807) is 6.92 Å². The van der Waals surface area contributed by atoms with Crippen molar-refractivity contribution < 1.29 is 9.90 Å². The fourth-order valence-corrected chi connectivity index (χ4v) is 1.20. The standard InChI is InChI=1S/C12H15NO2/c1-9(2)12(15)13-11(8-14)10-6-4-3-5-7-10/h3-7,11,14H,1,8H2,2H3,(H,13,15)/t11-/m1/s1. The van der Waals surface area contributed by atoms with Gasteiger partial charge in [-0.1, -0.05) is 36.9 Å². The maximum absolute atomic E-state index is 11.4. The number of hydrogen-bond donors (Lipinski definition) is 2. The Balaban J connectivity index is 2.73. The van der Waals surface area contributed by atoms with Gasteiger partial charge in [0.15, 0.2) is 0 Å². The van der Waals surface area contributed by atoms with E-state index in [2.05, 4.69) is 11.9 Å². The maximum atomic E-state index is 11.4. The van der Waals surface area contributed by atoms with E-state index in [1.165, 1.54) is 0 Å². The minimum atomic E-state index is -0.365. The van der Waals surface area contributed by atoms with Crippen LogP contribution in [-0.4, -0.2) is 17.6 Å². The van der Waals surface area contributed by atoms with Crippen molar-refractivity contribution in [3.8, 4) is 0 Å². The Morgan fingerprint density at radius 1 is 1.47 bits per heavy atom. The molecular weight excluding hydrogens is 190 g/mol. The fraction of sp³-hybridized carbons (Fsp3) is 0.250. The second kappa shape index (κ2) is 5.32. The molecule has 1 atom stereocenters. The van der Waals surface area contributed by atoms with Crippen molar-refractivity contribution in [2.75, 3.05) is 6.61 Å². The third-order valence-corrected chi connectivity index (χ3v) is 2.08. The van der Waals surface area contributed by atoms with E-state index in [9.17, 15) is 4.79 Å². The summed E-state index contributed by atoms with van der Waals surface area (Å²) in [7, 11) is 0. The van der Waals surface area contributed by atoms with Crippen LogP contribution in [0.1, 0.15) is 18.5 Å². The maximum Gasteiger partial charge on any atom is 0.246 e. The van der Waals surface area contributed by atoms with Crippen LogP contribution in [0.15, 0.2) is 42.5 Å². The summed E-state index contributed by atoms with van der Waals surface area (Å²) < 4.78 is 0. The summed E-state index contributed by atoms with van der Waals surface area (Å²) in [5, 5.41) is 11.9. The second-order valence-corrected chi connectivity index (χ2v) is 3.40. The molecule has 0 aliphatic heterocycles. The predicted molar refractivity (Wildman–Crippen MR) is 59.2 cm³/mol. The topological polar surface area (TPSA) is 49.3 Å². The minimum Gasteiger partial charge on any atom is -0.394 e. The lowest BCUT2D eigenvalue weighted by molar-refractivity contribution is -0.118. The lowest BCUT2D eigenvalue weighted by atomic mass is 10.1. The van der Waals surface area contributed by atoms with Gasteiger partial charge < -0.3 is 10.4 Å². The largest absolute Gasteiger partial charge is 0.394 e. The van der Waals surface area contributed by atoms with Crippen molar-refractivity contribution in [3.63, 3.8) is 0 Å². The summed E-state index contributed by atoms with van der Waals surface area (Å²) in [6.07, 6.45) is 0. The number of nitrogens with one attached hydrogen (secondary N) is 1. The van der Waals surface area contributed by atoms with Crippen LogP contribution in [0.2, 0.25) is 0 Å². The number of amides is 1. The van der Waals surface area contributed by atoms with Crippen LogP contribution in [0.3, 0.4) is 0 Å². The molecule has 0 saturated heterocycles. The lowest BCUT2D eigenvalue weighted by Crippen LogP contribution is -2.30. The molecule has 80 valence electrons. The van der Waals surface area contributed by atoms with Crippen LogP contribution in [0.25, 0.3) is 0 Å². The Labute approximate surface area is 89.4 Å². The van der Waals surface area contributed by atoms with Crippen LogP contribution >= 0.6 is 0 Å². The van der Waals surface area contributed by atoms with Gasteiger partial charge in [-0.3, -0.25) is 4.79 Å². The van der Waals surface area contributed by atoms with E-state index in [0.717, 1.165) is 5.56 Å². The van der Waals surface area contributed by atoms with Crippen LogP contribution < -0.4 is 5.32 Å². The lowest BCUT2D eigenvalue weighted by Gasteiger charge is -2.16. The Hall–Kier alpha value is -1.61. The highest BCUT2D eigenvalue weighted by atomic mass is 16.3. The number of aliphatic hydroxyl groups is 1. The van der Waals surface area contributed by atoms with E-state index in [1.807, 2.05) is 30.3 Å². The van der Waals surface area contributed by atoms with Crippen LogP contribution in [-0.2, 0) is 4.79 Å². The Bertz CT molecular complexity index is 346. The first-order valence-corrected chi connectivity index (χ1v) is 4.77. The quantitative estimate of drug-likeness (QED) is 0.730. The molecular formula is C12H15NO2. The fourth-order valence-electron chi connectivity index (χ4n) is 1.20. The highest BCUT2D eigenvalue weighted by molar-refractivity contribution is 5.92. The molecule has 0 aromatic heterocycles. The second-order valence-electron chi connectivity index (χ2n) is 3.40. The van der Waals surface area contributed by atoms with Gasteiger partial charge in [0.05, 0.1) is 12.6 Å². The van der Waals surface area contributed by atoms with E-state index >= 15 is 0 Å². The van der Waals surface area contributed by atoms with Crippen LogP contribution in [0.5, 0.6) is 0 Å². The monoisotopic (exact) mass is 205 g/mol. The molecule has 0 unspecified atom stereocenters. The molecule has 3 heteroatoms. The SMILES string of the molecule is C=C(C)C(=O)N[C@H](CO)c1ccccc1. The molecule has 3 nitrogen and oxygen atoms in total. The first-order chi connectivity index (χ1) is 7.15. The molecule has 0 saturated carbocycles. The summed E-state index contributed by atoms with van der Waals surface area (Å²) in [4.78, 5) is 11.4. The smallest absolute Gasteiger partial charge is 0.246 e. The molecule has 1 amide bonds. The molecule has 15 heavy (non-hydrogen) atoms. The molecule has 0 heterocycles. The van der Waals surface area contributed by atoms with Crippen molar-refractivity contribution >= 4 is 5.91 Å². The van der Waals surface area contributed by atoms with E-state index in [-0.39, 0.29) is 18.6 Å². The van der Waals surface area contributed by atoms with E-state index in [0.29, 0.717) is 5.57 Å². The first-order valence-electron chi connectivity index (χ1n) is 4.77. The third kappa shape index (κ3) is 3.22. The average molecular weight is 205 g/mol. The zero-order chi connectivity index (χ0) is 11.3. The van der Waals surface area contributed by atoms with Crippen molar-refractivity contribution in [1.29, 1.82) is 0 Å². The molecule has 0 aliphatic carbocycles. The summed E-state index contributed by atoms with van der Waals surface area (Å²) in [5.74, 6) is -0.238. The number of benzene rings is 1. The molecule has 1 aromatic carbocycles. The van der Waals surface area contributed by atoms with E-state index < -0.39 is 0 Å². The van der Waals surface area contributed by atoms with Gasteiger partial charge in [-0.25, -0.2) is 0 Å². The number of aliphatic hydroxyl groups excluding tert-OH is 1. The minimum absolute atomic E-state index is 0.122. The van der Waals surface area contributed by atoms with Gasteiger partial charge >= 0.3 is 0 Å². The van der Waals surface area contributed by atoms with Gasteiger partial charge in [0, 0.05) is 5.57 Å². The predicted octanol–water partition coefficient (Wildman–Crippen LogP) is 1.41. The van der Waals surface area contributed by atoms with Gasteiger partial charge in [0.2, 0.25) is 5.91 Å². The Morgan fingerprint density at radius 3 is 2.53 bits per heavy atom. The van der Waals surface area contributed by atoms with Crippen molar-refractivity contribution in [3.05, 3.63) is 48.0 Å². The summed E-state index contributed by atoms with van der Waals surface area (Å²) >= 11 is 0. The molecule has 1 aromatic rings. The summed E-state index contributed by atoms with van der Waals surface area (Å²) in [5.41, 5.74) is 1.32. The first kappa shape index (κ1) is 11.5. The normalized spacial score (nSPS) is 11.9. The molecule has 1 rings (SSSR count). The Kier molecular flexibility index (Phi) is 4.06. The van der Waals surface area contributed by atoms with Crippen LogP contribution in [0.4, 0.5) is 0 Å². The number of hydrogen-bond acceptors (Lipinski definition) is 2. The number of rotatable bonds is 4.